The van der Waals surface area contributed by atoms with Crippen LogP contribution in [0.1, 0.15) is 19.3 Å². The molecule has 2 rings (SSSR count). The lowest BCUT2D eigenvalue weighted by Gasteiger charge is -2.30. The second kappa shape index (κ2) is 3.15. The highest BCUT2D eigenvalue weighted by atomic mass is 16.4. The lowest BCUT2D eigenvalue weighted by Crippen LogP contribution is -2.41. The average molecular weight is 198 g/mol. The number of fused-ring (bicyclic) bond motifs is 1. The summed E-state index contributed by atoms with van der Waals surface area (Å²) in [5.41, 5.74) is 0. The molecule has 5 nitrogen and oxygen atoms in total. The number of carboxylic acid groups (broad SMARTS) is 1. The molecule has 2 amide bonds. The largest absolute Gasteiger partial charge is 0.481 e. The maximum Gasteiger partial charge on any atom is 0.317 e. The van der Waals surface area contributed by atoms with Crippen molar-refractivity contribution in [3.63, 3.8) is 0 Å². The van der Waals surface area contributed by atoms with E-state index in [1.807, 2.05) is 0 Å². The molecule has 14 heavy (non-hydrogen) atoms. The summed E-state index contributed by atoms with van der Waals surface area (Å²) in [5, 5.41) is 11.7. The SMILES string of the molecule is CN1C(=O)NC2CC(C(=O)O)CCC21. The standard InChI is InChI=1S/C9H14N2O3/c1-11-7-3-2-5(8(12)13)4-6(7)10-9(11)14/h5-7H,2-4H2,1H3,(H,10,14)(H,12,13). The van der Waals surface area contributed by atoms with Gasteiger partial charge in [0.05, 0.1) is 18.0 Å². The molecular formula is C9H14N2O3. The van der Waals surface area contributed by atoms with Crippen LogP contribution in [-0.2, 0) is 4.79 Å². The first-order valence-electron chi connectivity index (χ1n) is 4.85. The van der Waals surface area contributed by atoms with Gasteiger partial charge in [-0.3, -0.25) is 4.79 Å². The number of urea groups is 1. The Kier molecular flexibility index (Phi) is 2.09. The third-order valence-electron chi connectivity index (χ3n) is 3.29. The van der Waals surface area contributed by atoms with Crippen LogP contribution in [0.15, 0.2) is 0 Å². The summed E-state index contributed by atoms with van der Waals surface area (Å²) in [6.07, 6.45) is 2.03. The first-order chi connectivity index (χ1) is 6.59. The van der Waals surface area contributed by atoms with Crippen LogP contribution in [0.5, 0.6) is 0 Å². The number of carboxylic acids is 1. The maximum atomic E-state index is 11.3. The third-order valence-corrected chi connectivity index (χ3v) is 3.29. The molecule has 0 aromatic carbocycles. The van der Waals surface area contributed by atoms with Crippen molar-refractivity contribution < 1.29 is 14.7 Å². The van der Waals surface area contributed by atoms with Gasteiger partial charge in [0.15, 0.2) is 0 Å². The number of hydrogen-bond acceptors (Lipinski definition) is 2. The minimum absolute atomic E-state index is 0.0300. The smallest absolute Gasteiger partial charge is 0.317 e. The van der Waals surface area contributed by atoms with E-state index in [1.54, 1.807) is 11.9 Å². The van der Waals surface area contributed by atoms with E-state index in [9.17, 15) is 9.59 Å². The van der Waals surface area contributed by atoms with Crippen molar-refractivity contribution in [2.45, 2.75) is 31.3 Å². The molecule has 5 heteroatoms. The average Bonchev–Trinajstić information content (AvgIpc) is 2.42. The Morgan fingerprint density at radius 2 is 2.29 bits per heavy atom. The van der Waals surface area contributed by atoms with Gasteiger partial charge in [-0.1, -0.05) is 0 Å². The molecule has 1 saturated heterocycles. The molecule has 0 bridgehead atoms. The summed E-state index contributed by atoms with van der Waals surface area (Å²) in [6, 6.07) is 0.145. The number of hydrogen-bond donors (Lipinski definition) is 2. The molecule has 2 N–H and O–H groups in total. The van der Waals surface area contributed by atoms with Gasteiger partial charge in [-0.25, -0.2) is 4.79 Å². The number of carbonyl (C=O) groups is 2. The van der Waals surface area contributed by atoms with Crippen LogP contribution in [0.3, 0.4) is 0 Å². The third kappa shape index (κ3) is 1.32. The van der Waals surface area contributed by atoms with E-state index in [-0.39, 0.29) is 24.0 Å². The molecule has 1 heterocycles. The van der Waals surface area contributed by atoms with Crippen LogP contribution in [0.25, 0.3) is 0 Å². The number of amides is 2. The van der Waals surface area contributed by atoms with E-state index in [2.05, 4.69) is 5.32 Å². The molecular weight excluding hydrogens is 184 g/mol. The van der Waals surface area contributed by atoms with E-state index >= 15 is 0 Å². The summed E-state index contributed by atoms with van der Waals surface area (Å²) in [7, 11) is 1.76. The van der Waals surface area contributed by atoms with Gasteiger partial charge in [-0.05, 0) is 19.3 Å². The number of aliphatic carboxylic acids is 1. The van der Waals surface area contributed by atoms with Crippen LogP contribution in [-0.4, -0.2) is 41.1 Å². The minimum Gasteiger partial charge on any atom is -0.481 e. The van der Waals surface area contributed by atoms with Gasteiger partial charge in [0.1, 0.15) is 0 Å². The molecule has 1 saturated carbocycles. The normalized spacial score (nSPS) is 36.5. The molecule has 3 unspecified atom stereocenters. The van der Waals surface area contributed by atoms with Crippen LogP contribution in [0.2, 0.25) is 0 Å². The Hall–Kier alpha value is -1.26. The number of likely N-dealkylation sites (N-methyl/N-ethyl adjacent to an activating group) is 1. The van der Waals surface area contributed by atoms with Crippen molar-refractivity contribution >= 4 is 12.0 Å². The number of nitrogens with one attached hydrogen (secondary N) is 1. The van der Waals surface area contributed by atoms with Crippen molar-refractivity contribution in [1.29, 1.82) is 0 Å². The first-order valence-corrected chi connectivity index (χ1v) is 4.85. The van der Waals surface area contributed by atoms with E-state index in [0.29, 0.717) is 12.8 Å². The summed E-state index contributed by atoms with van der Waals surface area (Å²) in [4.78, 5) is 23.7. The molecule has 78 valence electrons. The highest BCUT2D eigenvalue weighted by molar-refractivity contribution is 5.78. The number of nitrogens with zero attached hydrogens (tertiary/aromatic N) is 1. The van der Waals surface area contributed by atoms with Crippen LogP contribution < -0.4 is 5.32 Å². The number of rotatable bonds is 1. The maximum absolute atomic E-state index is 11.3. The molecule has 0 spiro atoms. The molecule has 0 aromatic heterocycles. The highest BCUT2D eigenvalue weighted by Crippen LogP contribution is 2.30. The Balaban J connectivity index is 2.06. The first kappa shape index (κ1) is 9.30. The molecule has 2 aliphatic rings. The van der Waals surface area contributed by atoms with Crippen molar-refractivity contribution in [1.82, 2.24) is 10.2 Å². The fraction of sp³-hybridized carbons (Fsp3) is 0.778. The highest BCUT2D eigenvalue weighted by Gasteiger charge is 2.42. The van der Waals surface area contributed by atoms with Gasteiger partial charge in [0.2, 0.25) is 0 Å². The molecule has 1 aliphatic carbocycles. The van der Waals surface area contributed by atoms with Gasteiger partial charge in [0.25, 0.3) is 0 Å². The predicted molar refractivity (Wildman–Crippen MR) is 48.8 cm³/mol. The second-order valence-electron chi connectivity index (χ2n) is 4.08. The van der Waals surface area contributed by atoms with Gasteiger partial charge in [0, 0.05) is 7.05 Å². The minimum atomic E-state index is -0.743. The molecule has 1 aliphatic heterocycles. The van der Waals surface area contributed by atoms with Crippen LogP contribution in [0, 0.1) is 5.92 Å². The summed E-state index contributed by atoms with van der Waals surface area (Å²) in [5.74, 6) is -1.03. The van der Waals surface area contributed by atoms with Gasteiger partial charge in [-0.2, -0.15) is 0 Å². The quantitative estimate of drug-likeness (QED) is 0.635. The van der Waals surface area contributed by atoms with Crippen molar-refractivity contribution in [3.8, 4) is 0 Å². The van der Waals surface area contributed by atoms with Crippen molar-refractivity contribution in [2.24, 2.45) is 5.92 Å². The topological polar surface area (TPSA) is 69.6 Å². The Morgan fingerprint density at radius 3 is 2.93 bits per heavy atom. The molecule has 0 aromatic rings. The van der Waals surface area contributed by atoms with Crippen LogP contribution >= 0.6 is 0 Å². The molecule has 3 atom stereocenters. The predicted octanol–water partition coefficient (Wildman–Crippen LogP) is 0.263. The van der Waals surface area contributed by atoms with E-state index in [1.165, 1.54) is 0 Å². The molecule has 2 fully saturated rings. The summed E-state index contributed by atoms with van der Waals surface area (Å²) in [6.45, 7) is 0. The zero-order valence-corrected chi connectivity index (χ0v) is 8.06. The van der Waals surface area contributed by atoms with Crippen molar-refractivity contribution in [3.05, 3.63) is 0 Å². The molecule has 0 radical (unpaired) electrons. The van der Waals surface area contributed by atoms with E-state index in [0.717, 1.165) is 6.42 Å². The second-order valence-corrected chi connectivity index (χ2v) is 4.08. The fourth-order valence-corrected chi connectivity index (χ4v) is 2.41. The fourth-order valence-electron chi connectivity index (χ4n) is 2.41. The monoisotopic (exact) mass is 198 g/mol. The van der Waals surface area contributed by atoms with Crippen LogP contribution in [0.4, 0.5) is 4.79 Å². The number of carbonyl (C=O) groups excluding carboxylic acids is 1. The van der Waals surface area contributed by atoms with E-state index in [4.69, 9.17) is 5.11 Å². The van der Waals surface area contributed by atoms with E-state index < -0.39 is 5.97 Å². The van der Waals surface area contributed by atoms with Crippen molar-refractivity contribution in [2.75, 3.05) is 7.05 Å². The summed E-state index contributed by atoms with van der Waals surface area (Å²) < 4.78 is 0. The zero-order valence-electron chi connectivity index (χ0n) is 8.06. The summed E-state index contributed by atoms with van der Waals surface area (Å²) >= 11 is 0. The lowest BCUT2D eigenvalue weighted by atomic mass is 9.83. The zero-order chi connectivity index (χ0) is 10.3. The Morgan fingerprint density at radius 1 is 1.57 bits per heavy atom. The van der Waals surface area contributed by atoms with Gasteiger partial charge in [-0.15, -0.1) is 0 Å². The Labute approximate surface area is 82.1 Å². The lowest BCUT2D eigenvalue weighted by molar-refractivity contribution is -0.143. The van der Waals surface area contributed by atoms with Gasteiger partial charge >= 0.3 is 12.0 Å². The van der Waals surface area contributed by atoms with Gasteiger partial charge < -0.3 is 15.3 Å². The Bertz CT molecular complexity index is 279.